The number of hydrogen-bond donors (Lipinski definition) is 3. The number of guanidine groups is 1. The molecular formula is C8H11N5O. The number of carbonyl (C=O) groups excluding carboxylic acids is 1. The number of aliphatic imine (C=N–C) groups is 1. The van der Waals surface area contributed by atoms with Gasteiger partial charge in [-0.05, 0) is 17.7 Å². The van der Waals surface area contributed by atoms with E-state index in [-0.39, 0.29) is 5.96 Å². The van der Waals surface area contributed by atoms with Crippen molar-refractivity contribution in [2.45, 2.75) is 6.54 Å². The standard InChI is InChI=1S/C8H11N5O/c9-7(13-8(10)14)12-5-6-1-3-11-4-2-6/h1-4H,5H2,(H5,9,10,12,13,14). The Hall–Kier alpha value is -2.11. The van der Waals surface area contributed by atoms with E-state index in [1.165, 1.54) is 0 Å². The van der Waals surface area contributed by atoms with E-state index in [0.29, 0.717) is 6.54 Å². The number of nitrogens with two attached hydrogens (primary N) is 2. The Morgan fingerprint density at radius 3 is 2.64 bits per heavy atom. The Morgan fingerprint density at radius 2 is 2.07 bits per heavy atom. The fraction of sp³-hybridized carbons (Fsp3) is 0.125. The Balaban J connectivity index is 2.51. The first-order valence-electron chi connectivity index (χ1n) is 3.94. The molecule has 1 aromatic heterocycles. The number of pyridine rings is 1. The lowest BCUT2D eigenvalue weighted by Crippen LogP contribution is -2.40. The number of carbonyl (C=O) groups is 1. The third kappa shape index (κ3) is 3.53. The molecule has 0 aliphatic rings. The van der Waals surface area contributed by atoms with Gasteiger partial charge >= 0.3 is 6.03 Å². The van der Waals surface area contributed by atoms with Gasteiger partial charge in [-0.2, -0.15) is 0 Å². The fourth-order valence-corrected chi connectivity index (χ4v) is 0.830. The fourth-order valence-electron chi connectivity index (χ4n) is 0.830. The van der Waals surface area contributed by atoms with Crippen molar-refractivity contribution in [2.75, 3.05) is 0 Å². The summed E-state index contributed by atoms with van der Waals surface area (Å²) in [7, 11) is 0. The van der Waals surface area contributed by atoms with E-state index in [1.54, 1.807) is 24.5 Å². The topological polar surface area (TPSA) is 106 Å². The lowest BCUT2D eigenvalue weighted by molar-refractivity contribution is 0.253. The van der Waals surface area contributed by atoms with Crippen LogP contribution in [-0.2, 0) is 6.54 Å². The molecule has 0 fully saturated rings. The van der Waals surface area contributed by atoms with Crippen molar-refractivity contribution in [2.24, 2.45) is 16.5 Å². The van der Waals surface area contributed by atoms with Crippen LogP contribution >= 0.6 is 0 Å². The first-order valence-corrected chi connectivity index (χ1v) is 3.94. The predicted octanol–water partition coefficient (Wildman–Crippen LogP) is -0.435. The Kier molecular flexibility index (Phi) is 3.42. The largest absolute Gasteiger partial charge is 0.370 e. The minimum atomic E-state index is -0.721. The van der Waals surface area contributed by atoms with E-state index in [2.05, 4.69) is 15.3 Å². The van der Waals surface area contributed by atoms with E-state index in [9.17, 15) is 4.79 Å². The van der Waals surface area contributed by atoms with E-state index in [0.717, 1.165) is 5.56 Å². The smallest absolute Gasteiger partial charge is 0.318 e. The van der Waals surface area contributed by atoms with Gasteiger partial charge in [0, 0.05) is 12.4 Å². The molecule has 5 N–H and O–H groups in total. The highest BCUT2D eigenvalue weighted by Gasteiger charge is 1.95. The second-order valence-electron chi connectivity index (χ2n) is 2.55. The van der Waals surface area contributed by atoms with Gasteiger partial charge in [-0.1, -0.05) is 0 Å². The maximum Gasteiger partial charge on any atom is 0.318 e. The summed E-state index contributed by atoms with van der Waals surface area (Å²) >= 11 is 0. The van der Waals surface area contributed by atoms with Gasteiger partial charge in [0.2, 0.25) is 0 Å². The summed E-state index contributed by atoms with van der Waals surface area (Å²) in [6.07, 6.45) is 3.31. The van der Waals surface area contributed by atoms with Crippen LogP contribution in [0.15, 0.2) is 29.5 Å². The van der Waals surface area contributed by atoms with E-state index >= 15 is 0 Å². The molecule has 14 heavy (non-hydrogen) atoms. The minimum absolute atomic E-state index is 0.00862. The normalized spacial score (nSPS) is 11.0. The van der Waals surface area contributed by atoms with Gasteiger partial charge in [0.15, 0.2) is 5.96 Å². The second kappa shape index (κ2) is 4.80. The summed E-state index contributed by atoms with van der Waals surface area (Å²) in [6.45, 7) is 0.384. The van der Waals surface area contributed by atoms with E-state index < -0.39 is 6.03 Å². The van der Waals surface area contributed by atoms with Crippen molar-refractivity contribution < 1.29 is 4.79 Å². The highest BCUT2D eigenvalue weighted by molar-refractivity contribution is 5.94. The molecule has 0 radical (unpaired) electrons. The maximum absolute atomic E-state index is 10.4. The molecule has 0 unspecified atom stereocenters. The molecule has 1 rings (SSSR count). The number of primary amides is 1. The van der Waals surface area contributed by atoms with Gasteiger partial charge < -0.3 is 11.5 Å². The van der Waals surface area contributed by atoms with Crippen LogP contribution in [0.3, 0.4) is 0 Å². The molecule has 6 heteroatoms. The molecule has 0 saturated carbocycles. The Labute approximate surface area is 81.0 Å². The summed E-state index contributed by atoms with van der Waals surface area (Å²) in [6, 6.07) is 2.89. The molecule has 0 atom stereocenters. The lowest BCUT2D eigenvalue weighted by atomic mass is 10.3. The zero-order chi connectivity index (χ0) is 10.4. The average Bonchev–Trinajstić information content (AvgIpc) is 2.15. The van der Waals surface area contributed by atoms with Crippen LogP contribution in [0, 0.1) is 0 Å². The third-order valence-corrected chi connectivity index (χ3v) is 1.43. The van der Waals surface area contributed by atoms with Crippen LogP contribution < -0.4 is 16.8 Å². The molecule has 0 aromatic carbocycles. The summed E-state index contributed by atoms with van der Waals surface area (Å²) in [5.41, 5.74) is 11.1. The lowest BCUT2D eigenvalue weighted by Gasteiger charge is -2.00. The van der Waals surface area contributed by atoms with Crippen molar-refractivity contribution >= 4 is 12.0 Å². The zero-order valence-corrected chi connectivity index (χ0v) is 7.47. The Bertz CT molecular complexity index is 335. The quantitative estimate of drug-likeness (QED) is 0.438. The number of nitrogens with zero attached hydrogens (tertiary/aromatic N) is 2. The summed E-state index contributed by atoms with van der Waals surface area (Å²) < 4.78 is 0. The molecule has 74 valence electrons. The molecule has 0 aliphatic heterocycles. The first-order chi connectivity index (χ1) is 6.68. The van der Waals surface area contributed by atoms with Crippen LogP contribution in [-0.4, -0.2) is 17.0 Å². The third-order valence-electron chi connectivity index (χ3n) is 1.43. The second-order valence-corrected chi connectivity index (χ2v) is 2.55. The number of rotatable bonds is 2. The molecule has 6 nitrogen and oxygen atoms in total. The van der Waals surface area contributed by atoms with Crippen molar-refractivity contribution in [3.63, 3.8) is 0 Å². The maximum atomic E-state index is 10.4. The van der Waals surface area contributed by atoms with Crippen LogP contribution in [0.4, 0.5) is 4.79 Å². The molecule has 0 saturated heterocycles. The summed E-state index contributed by atoms with van der Waals surface area (Å²) in [5.74, 6) is 0.00862. The molecule has 1 heterocycles. The number of nitrogens with one attached hydrogen (secondary N) is 1. The summed E-state index contributed by atoms with van der Waals surface area (Å²) in [5, 5.41) is 2.16. The van der Waals surface area contributed by atoms with Crippen LogP contribution in [0.1, 0.15) is 5.56 Å². The number of aromatic nitrogens is 1. The van der Waals surface area contributed by atoms with Gasteiger partial charge in [0.1, 0.15) is 0 Å². The minimum Gasteiger partial charge on any atom is -0.370 e. The molecule has 0 bridgehead atoms. The van der Waals surface area contributed by atoms with Gasteiger partial charge in [0.25, 0.3) is 0 Å². The predicted molar refractivity (Wildman–Crippen MR) is 52.3 cm³/mol. The van der Waals surface area contributed by atoms with E-state index in [4.69, 9.17) is 11.5 Å². The monoisotopic (exact) mass is 193 g/mol. The van der Waals surface area contributed by atoms with Gasteiger partial charge in [-0.3, -0.25) is 10.3 Å². The van der Waals surface area contributed by atoms with Crippen LogP contribution in [0.5, 0.6) is 0 Å². The number of hydrogen-bond acceptors (Lipinski definition) is 3. The van der Waals surface area contributed by atoms with Gasteiger partial charge in [0.05, 0.1) is 6.54 Å². The molecular weight excluding hydrogens is 182 g/mol. The van der Waals surface area contributed by atoms with Crippen molar-refractivity contribution in [3.05, 3.63) is 30.1 Å². The average molecular weight is 193 g/mol. The summed E-state index contributed by atoms with van der Waals surface area (Å²) in [4.78, 5) is 18.1. The van der Waals surface area contributed by atoms with Crippen molar-refractivity contribution in [3.8, 4) is 0 Å². The molecule has 1 aromatic rings. The van der Waals surface area contributed by atoms with Crippen molar-refractivity contribution in [1.29, 1.82) is 0 Å². The molecule has 0 spiro atoms. The number of amides is 2. The Morgan fingerprint density at radius 1 is 1.43 bits per heavy atom. The van der Waals surface area contributed by atoms with Gasteiger partial charge in [-0.25, -0.2) is 9.79 Å². The van der Waals surface area contributed by atoms with Crippen molar-refractivity contribution in [1.82, 2.24) is 10.3 Å². The number of urea groups is 1. The highest BCUT2D eigenvalue weighted by atomic mass is 16.2. The zero-order valence-electron chi connectivity index (χ0n) is 7.47. The highest BCUT2D eigenvalue weighted by Crippen LogP contribution is 1.97. The molecule has 0 aliphatic carbocycles. The molecule has 2 amide bonds. The first kappa shape index (κ1) is 9.97. The SMILES string of the molecule is NC(=O)NC(N)=NCc1ccncc1. The van der Waals surface area contributed by atoms with E-state index in [1.807, 2.05) is 0 Å². The van der Waals surface area contributed by atoms with Gasteiger partial charge in [-0.15, -0.1) is 0 Å². The van der Waals surface area contributed by atoms with Crippen LogP contribution in [0.25, 0.3) is 0 Å². The van der Waals surface area contributed by atoms with Crippen LogP contribution in [0.2, 0.25) is 0 Å².